The van der Waals surface area contributed by atoms with Gasteiger partial charge in [-0.05, 0) is 35.3 Å². The van der Waals surface area contributed by atoms with Crippen LogP contribution in [0.4, 0.5) is 0 Å². The van der Waals surface area contributed by atoms with Crippen LogP contribution in [-0.4, -0.2) is 35.7 Å². The highest BCUT2D eigenvalue weighted by molar-refractivity contribution is 7.99. The molecule has 1 aromatic rings. The van der Waals surface area contributed by atoms with Crippen molar-refractivity contribution in [1.29, 1.82) is 0 Å². The molecule has 102 valence electrons. The summed E-state index contributed by atoms with van der Waals surface area (Å²) in [5, 5.41) is 13.6. The first-order chi connectivity index (χ1) is 9.31. The van der Waals surface area contributed by atoms with Gasteiger partial charge >= 0.3 is 0 Å². The number of thiophene rings is 1. The highest BCUT2D eigenvalue weighted by Gasteiger charge is 2.18. The summed E-state index contributed by atoms with van der Waals surface area (Å²) < 4.78 is 0. The second-order valence-corrected chi connectivity index (χ2v) is 6.44. The molecule has 0 aliphatic carbocycles. The van der Waals surface area contributed by atoms with Crippen LogP contribution in [0.2, 0.25) is 0 Å². The summed E-state index contributed by atoms with van der Waals surface area (Å²) in [7, 11) is 0. The van der Waals surface area contributed by atoms with Gasteiger partial charge in [-0.25, -0.2) is 0 Å². The third kappa shape index (κ3) is 4.27. The quantitative estimate of drug-likeness (QED) is 0.835. The zero-order valence-corrected chi connectivity index (χ0v) is 12.3. The van der Waals surface area contributed by atoms with E-state index in [9.17, 15) is 4.79 Å². The lowest BCUT2D eigenvalue weighted by Gasteiger charge is -2.09. The van der Waals surface area contributed by atoms with Gasteiger partial charge in [-0.3, -0.25) is 4.79 Å². The van der Waals surface area contributed by atoms with Crippen molar-refractivity contribution >= 4 is 29.0 Å². The van der Waals surface area contributed by atoms with Crippen LogP contribution in [0.15, 0.2) is 11.4 Å². The molecule has 1 atom stereocenters. The minimum absolute atomic E-state index is 0.0276. The van der Waals surface area contributed by atoms with E-state index in [0.717, 1.165) is 17.9 Å². The Morgan fingerprint density at radius 2 is 2.47 bits per heavy atom. The Kier molecular flexibility index (Phi) is 5.77. The van der Waals surface area contributed by atoms with Crippen LogP contribution in [0.5, 0.6) is 0 Å². The van der Waals surface area contributed by atoms with Crippen LogP contribution in [0, 0.1) is 17.8 Å². The molecule has 1 unspecified atom stereocenters. The van der Waals surface area contributed by atoms with Gasteiger partial charge in [0.25, 0.3) is 5.91 Å². The summed E-state index contributed by atoms with van der Waals surface area (Å²) >= 11 is 3.37. The van der Waals surface area contributed by atoms with E-state index in [4.69, 9.17) is 5.11 Å². The molecular formula is C14H17NO2S2. The Hall–Kier alpha value is -0.960. The van der Waals surface area contributed by atoms with Crippen molar-refractivity contribution in [2.24, 2.45) is 5.92 Å². The minimum atomic E-state index is -0.0276. The van der Waals surface area contributed by atoms with Crippen molar-refractivity contribution in [2.45, 2.75) is 12.8 Å². The molecule has 1 fully saturated rings. The van der Waals surface area contributed by atoms with Crippen molar-refractivity contribution in [3.63, 3.8) is 0 Å². The molecule has 0 spiro atoms. The van der Waals surface area contributed by atoms with Gasteiger partial charge in [-0.2, -0.15) is 11.8 Å². The Morgan fingerprint density at radius 1 is 1.58 bits per heavy atom. The number of nitrogens with one attached hydrogen (secondary N) is 1. The summed E-state index contributed by atoms with van der Waals surface area (Å²) in [6, 6.07) is 1.86. The van der Waals surface area contributed by atoms with Crippen LogP contribution in [-0.2, 0) is 0 Å². The number of rotatable bonds is 4. The van der Waals surface area contributed by atoms with Gasteiger partial charge in [0.15, 0.2) is 0 Å². The maximum atomic E-state index is 12.1. The Bertz CT molecular complexity index is 481. The smallest absolute Gasteiger partial charge is 0.262 e. The second-order valence-electron chi connectivity index (χ2n) is 4.38. The topological polar surface area (TPSA) is 49.3 Å². The predicted octanol–water partition coefficient (Wildman–Crippen LogP) is 1.96. The van der Waals surface area contributed by atoms with Crippen LogP contribution in [0.1, 0.15) is 28.1 Å². The molecule has 2 heterocycles. The van der Waals surface area contributed by atoms with Gasteiger partial charge in [0, 0.05) is 18.5 Å². The lowest BCUT2D eigenvalue weighted by Crippen LogP contribution is -2.29. The van der Waals surface area contributed by atoms with Crippen molar-refractivity contribution < 1.29 is 9.90 Å². The Balaban J connectivity index is 1.91. The monoisotopic (exact) mass is 295 g/mol. The van der Waals surface area contributed by atoms with E-state index in [2.05, 4.69) is 17.2 Å². The molecule has 0 radical (unpaired) electrons. The first-order valence-corrected chi connectivity index (χ1v) is 8.38. The highest BCUT2D eigenvalue weighted by atomic mass is 32.2. The molecule has 3 nitrogen and oxygen atoms in total. The normalized spacial score (nSPS) is 17.8. The molecule has 0 bridgehead atoms. The molecule has 19 heavy (non-hydrogen) atoms. The lowest BCUT2D eigenvalue weighted by molar-refractivity contribution is 0.0952. The van der Waals surface area contributed by atoms with E-state index in [1.807, 2.05) is 23.2 Å². The molecule has 1 aliphatic heterocycles. The maximum absolute atomic E-state index is 12.1. The zero-order valence-electron chi connectivity index (χ0n) is 10.6. The highest BCUT2D eigenvalue weighted by Crippen LogP contribution is 2.23. The SMILES string of the molecule is O=C(NCC1CCSC1)c1sccc1C#CCCO. The van der Waals surface area contributed by atoms with Gasteiger partial charge in [-0.1, -0.05) is 11.8 Å². The summed E-state index contributed by atoms with van der Waals surface area (Å²) in [6.07, 6.45) is 1.63. The van der Waals surface area contributed by atoms with Crippen molar-refractivity contribution in [2.75, 3.05) is 24.7 Å². The standard InChI is InChI=1S/C14H17NO2S2/c16-6-2-1-3-12-5-8-19-13(12)14(17)15-9-11-4-7-18-10-11/h5,8,11,16H,2,4,6-7,9-10H2,(H,15,17). The van der Waals surface area contributed by atoms with Crippen molar-refractivity contribution in [1.82, 2.24) is 5.32 Å². The molecule has 2 rings (SSSR count). The van der Waals surface area contributed by atoms with E-state index in [-0.39, 0.29) is 12.5 Å². The van der Waals surface area contributed by atoms with Crippen molar-refractivity contribution in [3.8, 4) is 11.8 Å². The molecule has 0 saturated carbocycles. The third-order valence-electron chi connectivity index (χ3n) is 2.91. The zero-order chi connectivity index (χ0) is 13.5. The largest absolute Gasteiger partial charge is 0.395 e. The summed E-state index contributed by atoms with van der Waals surface area (Å²) in [6.45, 7) is 0.811. The third-order valence-corrected chi connectivity index (χ3v) is 5.05. The second kappa shape index (κ2) is 7.59. The average molecular weight is 295 g/mol. The van der Waals surface area contributed by atoms with Gasteiger partial charge in [0.2, 0.25) is 0 Å². The Morgan fingerprint density at radius 3 is 3.21 bits per heavy atom. The van der Waals surface area contributed by atoms with E-state index < -0.39 is 0 Å². The average Bonchev–Trinajstić information content (AvgIpc) is 3.07. The van der Waals surface area contributed by atoms with Gasteiger partial charge < -0.3 is 10.4 Å². The molecule has 0 aromatic carbocycles. The van der Waals surface area contributed by atoms with Crippen LogP contribution < -0.4 is 5.32 Å². The molecular weight excluding hydrogens is 278 g/mol. The van der Waals surface area contributed by atoms with E-state index >= 15 is 0 Å². The summed E-state index contributed by atoms with van der Waals surface area (Å²) in [4.78, 5) is 12.8. The first kappa shape index (κ1) is 14.4. The fraction of sp³-hybridized carbons (Fsp3) is 0.500. The molecule has 2 N–H and O–H groups in total. The van der Waals surface area contributed by atoms with Crippen LogP contribution in [0.25, 0.3) is 0 Å². The van der Waals surface area contributed by atoms with Crippen molar-refractivity contribution in [3.05, 3.63) is 21.9 Å². The predicted molar refractivity (Wildman–Crippen MR) is 80.7 cm³/mol. The number of hydrogen-bond donors (Lipinski definition) is 2. The molecule has 1 aliphatic rings. The van der Waals surface area contributed by atoms with Crippen LogP contribution in [0.3, 0.4) is 0 Å². The molecule has 1 saturated heterocycles. The summed E-state index contributed by atoms with van der Waals surface area (Å²) in [5.41, 5.74) is 0.761. The van der Waals surface area contributed by atoms with Gasteiger partial charge in [0.1, 0.15) is 4.88 Å². The molecule has 1 aromatic heterocycles. The fourth-order valence-electron chi connectivity index (χ4n) is 1.86. The van der Waals surface area contributed by atoms with Gasteiger partial charge in [-0.15, -0.1) is 11.3 Å². The van der Waals surface area contributed by atoms with E-state index in [1.165, 1.54) is 23.5 Å². The van der Waals surface area contributed by atoms with Gasteiger partial charge in [0.05, 0.1) is 6.61 Å². The molecule has 5 heteroatoms. The minimum Gasteiger partial charge on any atom is -0.395 e. The fourth-order valence-corrected chi connectivity index (χ4v) is 3.91. The number of carbonyl (C=O) groups excluding carboxylic acids is 1. The first-order valence-electron chi connectivity index (χ1n) is 6.34. The summed E-state index contributed by atoms with van der Waals surface area (Å²) in [5.74, 6) is 8.73. The number of aliphatic hydroxyl groups is 1. The lowest BCUT2D eigenvalue weighted by atomic mass is 10.1. The number of carbonyl (C=O) groups is 1. The number of hydrogen-bond acceptors (Lipinski definition) is 4. The van der Waals surface area contributed by atoms with Crippen LogP contribution >= 0.6 is 23.1 Å². The number of amides is 1. The Labute approximate surface area is 121 Å². The molecule has 1 amide bonds. The van der Waals surface area contributed by atoms with E-state index in [0.29, 0.717) is 17.2 Å². The number of aliphatic hydroxyl groups excluding tert-OH is 1. The maximum Gasteiger partial charge on any atom is 0.262 e. The van der Waals surface area contributed by atoms with E-state index in [1.54, 1.807) is 0 Å². The number of thioether (sulfide) groups is 1.